The highest BCUT2D eigenvalue weighted by atomic mass is 35.5. The Morgan fingerprint density at radius 2 is 0.639 bits per heavy atom. The molecule has 4 aliphatic carbocycles. The Balaban J connectivity index is 0.000000182. The van der Waals surface area contributed by atoms with Crippen LogP contribution in [0.1, 0.15) is 155 Å². The molecular weight excluding hydrogens is 1440 g/mol. The Morgan fingerprint density at radius 1 is 0.398 bits per heavy atom. The Bertz CT molecular complexity index is 4370. The Hall–Kier alpha value is -11.3. The second-order valence-corrected chi connectivity index (χ2v) is 28.7. The number of carbonyl (C=O) groups excluding carboxylic acids is 8. The molecule has 578 valence electrons. The van der Waals surface area contributed by atoms with E-state index in [1.54, 1.807) is 159 Å². The van der Waals surface area contributed by atoms with Crippen LogP contribution in [-0.2, 0) is 19.0 Å². The molecule has 0 bridgehead atoms. The summed E-state index contributed by atoms with van der Waals surface area (Å²) in [6, 6.07) is 21.8. The first-order chi connectivity index (χ1) is 50.5. The maximum atomic E-state index is 14.0. The number of nitrogens with two attached hydrogens (primary N) is 1. The van der Waals surface area contributed by atoms with Gasteiger partial charge in [-0.2, -0.15) is 60.0 Å². The molecule has 32 nitrogen and oxygen atoms in total. The van der Waals surface area contributed by atoms with E-state index in [-0.39, 0.29) is 48.4 Å². The summed E-state index contributed by atoms with van der Waals surface area (Å²) in [4.78, 5) is 104. The first-order valence-corrected chi connectivity index (χ1v) is 34.2. The van der Waals surface area contributed by atoms with Crippen molar-refractivity contribution in [3.63, 3.8) is 0 Å². The number of nitrogens with zero attached hydrogens (tertiary/aromatic N) is 12. The van der Waals surface area contributed by atoms with E-state index in [1.807, 2.05) is 0 Å². The molecule has 4 saturated carbocycles. The van der Waals surface area contributed by atoms with Crippen LogP contribution in [0.25, 0.3) is 22.7 Å². The lowest BCUT2D eigenvalue weighted by atomic mass is 10.1. The van der Waals surface area contributed by atoms with Gasteiger partial charge < -0.3 is 62.3 Å². The van der Waals surface area contributed by atoms with Crippen molar-refractivity contribution in [3.8, 4) is 22.7 Å². The number of nitrogens with one attached hydrogen (secondary N) is 7. The van der Waals surface area contributed by atoms with Crippen molar-refractivity contribution in [1.82, 2.24) is 97.2 Å². The zero-order valence-electron chi connectivity index (χ0n) is 60.5. The van der Waals surface area contributed by atoms with Crippen LogP contribution < -0.4 is 43.0 Å². The van der Waals surface area contributed by atoms with E-state index in [4.69, 9.17) is 19.9 Å². The van der Waals surface area contributed by atoms with Gasteiger partial charge in [-0.25, -0.2) is 31.9 Å². The Kier molecular flexibility index (Phi) is 27.0. The van der Waals surface area contributed by atoms with Gasteiger partial charge in [0.1, 0.15) is 22.6 Å². The number of halogens is 5. The first kappa shape index (κ1) is 82.4. The van der Waals surface area contributed by atoms with E-state index in [2.05, 4.69) is 78.0 Å². The van der Waals surface area contributed by atoms with Crippen LogP contribution in [0.3, 0.4) is 0 Å². The van der Waals surface area contributed by atoms with Crippen LogP contribution in [-0.4, -0.2) is 196 Å². The summed E-state index contributed by atoms with van der Waals surface area (Å²) >= 11 is 0. The summed E-state index contributed by atoms with van der Waals surface area (Å²) in [6.07, 6.45) is 8.34. The molecule has 0 saturated heterocycles. The molecular formula is C71H87ClF4N20O12. The van der Waals surface area contributed by atoms with Gasteiger partial charge in [0.05, 0.1) is 143 Å². The smallest absolute Gasteiger partial charge is 0.407 e. The number of benzene rings is 4. The van der Waals surface area contributed by atoms with E-state index in [1.165, 1.54) is 68.8 Å². The number of ether oxygens (including phenoxy) is 3. The molecule has 37 heteroatoms. The highest BCUT2D eigenvalue weighted by Gasteiger charge is 2.49. The molecule has 4 aromatic carbocycles. The zero-order chi connectivity index (χ0) is 77.6. The molecule has 10 N–H and O–H groups in total. The number of hydrogen-bond acceptors (Lipinski definition) is 21. The predicted molar refractivity (Wildman–Crippen MR) is 383 cm³/mol. The average molecular weight is 1520 g/mol. The fourth-order valence-electron chi connectivity index (χ4n) is 12.1. The minimum atomic E-state index is -3.01. The van der Waals surface area contributed by atoms with Gasteiger partial charge >= 0.3 is 18.3 Å². The molecule has 0 radical (unpaired) electrons. The largest absolute Gasteiger partial charge is 0.444 e. The van der Waals surface area contributed by atoms with Gasteiger partial charge in [-0.1, -0.05) is 48.5 Å². The number of para-hydroxylation sites is 4. The maximum Gasteiger partial charge on any atom is 0.407 e. The van der Waals surface area contributed by atoms with Gasteiger partial charge in [-0.15, -0.1) is 12.4 Å². The van der Waals surface area contributed by atoms with Crippen molar-refractivity contribution in [3.05, 3.63) is 169 Å². The van der Waals surface area contributed by atoms with E-state index in [0.717, 1.165) is 0 Å². The number of Topliss-reactive ketones (excluding diaryl/α,β-unsaturated/α-hetero) is 1. The van der Waals surface area contributed by atoms with E-state index >= 15 is 0 Å². The van der Waals surface area contributed by atoms with Gasteiger partial charge in [-0.05, 0) is 124 Å². The molecule has 4 heterocycles. The third-order valence-corrected chi connectivity index (χ3v) is 16.5. The van der Waals surface area contributed by atoms with Gasteiger partial charge in [0.25, 0.3) is 35.5 Å². The molecule has 4 aliphatic rings. The Morgan fingerprint density at radius 3 is 0.954 bits per heavy atom. The van der Waals surface area contributed by atoms with E-state index < -0.39 is 139 Å². The molecule has 8 aromatic rings. The van der Waals surface area contributed by atoms with Crippen LogP contribution in [0.4, 0.5) is 31.9 Å². The standard InChI is InChI=1S/C19H23F2N5O3.C19H25N5O4.C19H23N5O4.C14H15F2N5O.ClH/c1-18(2,3)29-17(28)25-14-11-19(20,21)10-13(14)24-16(27)12-6-4-5-7-15(12)26-22-8-9-23-26;2*1-19(2,3)28-18(27)23-15-11-12(25)10-14(15)22-17(26)13-6-4-5-7-16(13)24-20-8-9-21-24;15-14(16)7-10(17)11(8-14)20-13(22)9-3-1-2-4-12(9)21-18-5-6-19-21;/h4-9,13-14H,10-11H2,1-3H3,(H,24,27)(H,25,28);4-9,12,14-15,25H,10-11H2,1-3H3,(H,22,26)(H,23,27);4-9,14-15H,10-11H2,1-3H3,(H,22,26)(H,23,27);1-6,10-11H,7-8,17H2,(H,20,22);1H. The average Bonchev–Trinajstić information content (AvgIpc) is 1.63. The number of aliphatic hydroxyl groups excluding tert-OH is 1. The molecule has 4 aromatic heterocycles. The molecule has 7 amide bonds. The fraction of sp³-hybridized carbons (Fsp3) is 0.437. The molecule has 0 spiro atoms. The van der Waals surface area contributed by atoms with Crippen molar-refractivity contribution in [2.45, 2.75) is 197 Å². The second kappa shape index (κ2) is 35.4. The van der Waals surface area contributed by atoms with Crippen LogP contribution in [0.5, 0.6) is 0 Å². The van der Waals surface area contributed by atoms with Crippen molar-refractivity contribution in [1.29, 1.82) is 0 Å². The molecule has 9 atom stereocenters. The van der Waals surface area contributed by atoms with Crippen molar-refractivity contribution >= 4 is 60.1 Å². The van der Waals surface area contributed by atoms with Crippen LogP contribution >= 0.6 is 12.4 Å². The van der Waals surface area contributed by atoms with Gasteiger partial charge in [-0.3, -0.25) is 24.0 Å². The minimum Gasteiger partial charge on any atom is -0.444 e. The Labute approximate surface area is 624 Å². The highest BCUT2D eigenvalue weighted by Crippen LogP contribution is 2.37. The molecule has 0 aliphatic heterocycles. The topological polar surface area (TPSA) is 418 Å². The van der Waals surface area contributed by atoms with Crippen LogP contribution in [0.15, 0.2) is 147 Å². The summed E-state index contributed by atoms with van der Waals surface area (Å²) in [5, 5.41) is 61.1. The second-order valence-electron chi connectivity index (χ2n) is 28.7. The molecule has 12 rings (SSSR count). The summed E-state index contributed by atoms with van der Waals surface area (Å²) in [5.41, 5.74) is 6.90. The summed E-state index contributed by atoms with van der Waals surface area (Å²) in [5.74, 6) is -7.61. The molecule has 108 heavy (non-hydrogen) atoms. The van der Waals surface area contributed by atoms with E-state index in [0.29, 0.717) is 52.3 Å². The summed E-state index contributed by atoms with van der Waals surface area (Å²) in [6.45, 7) is 15.6. The number of aliphatic hydroxyl groups is 1. The predicted octanol–water partition coefficient (Wildman–Crippen LogP) is 7.27. The van der Waals surface area contributed by atoms with Crippen molar-refractivity contribution in [2.24, 2.45) is 5.73 Å². The highest BCUT2D eigenvalue weighted by molar-refractivity contribution is 6.00. The number of alkyl halides is 4. The summed E-state index contributed by atoms with van der Waals surface area (Å²) < 4.78 is 70.4. The molecule has 4 fully saturated rings. The number of aromatic nitrogens is 12. The SMILES string of the molecule is CC(C)(C)OC(=O)NC1CC(=O)CC1NC(=O)c1ccccc1-n1nccn1.CC(C)(C)OC(=O)NC1CC(F)(F)CC1NC(=O)c1ccccc1-n1nccn1.CC(C)(C)OC(=O)NC1CC(O)CC1NC(=O)c1ccccc1-n1nccn1.Cl.NC1CC(F)(F)CC1NC(=O)c1ccccc1-n1nccn1. The van der Waals surface area contributed by atoms with Gasteiger partial charge in [0.2, 0.25) is 0 Å². The van der Waals surface area contributed by atoms with Crippen molar-refractivity contribution < 1.29 is 75.2 Å². The molecule has 9 unspecified atom stereocenters. The zero-order valence-corrected chi connectivity index (χ0v) is 61.3. The monoisotopic (exact) mass is 1520 g/mol. The lowest BCUT2D eigenvalue weighted by molar-refractivity contribution is -0.117. The lowest BCUT2D eigenvalue weighted by Crippen LogP contribution is -2.49. The van der Waals surface area contributed by atoms with Gasteiger partial charge in [0.15, 0.2) is 0 Å². The number of carbonyl (C=O) groups is 8. The summed E-state index contributed by atoms with van der Waals surface area (Å²) in [7, 11) is 0. The number of rotatable bonds is 15. The maximum absolute atomic E-state index is 14.0. The number of alkyl carbamates (subject to hydrolysis) is 3. The fourth-order valence-corrected chi connectivity index (χ4v) is 12.1. The minimum absolute atomic E-state index is 0. The van der Waals surface area contributed by atoms with Crippen LogP contribution in [0, 0.1) is 0 Å². The van der Waals surface area contributed by atoms with Gasteiger partial charge in [0, 0.05) is 44.6 Å². The quantitative estimate of drug-likeness (QED) is 0.0360. The number of hydrogen-bond donors (Lipinski definition) is 9. The first-order valence-electron chi connectivity index (χ1n) is 34.2. The lowest BCUT2D eigenvalue weighted by Gasteiger charge is -2.25. The van der Waals surface area contributed by atoms with E-state index in [9.17, 15) is 61.0 Å². The third kappa shape index (κ3) is 23.6. The van der Waals surface area contributed by atoms with Crippen LogP contribution in [0.2, 0.25) is 0 Å². The normalized spacial score (nSPS) is 21.1. The number of ketones is 1. The van der Waals surface area contributed by atoms with Crippen molar-refractivity contribution in [2.75, 3.05) is 0 Å². The number of amides is 7. The third-order valence-electron chi connectivity index (χ3n) is 16.5.